The monoisotopic (exact) mass is 260 g/mol. The van der Waals surface area contributed by atoms with Crippen LogP contribution in [0.3, 0.4) is 0 Å². The number of nitrogen functional groups attached to an aromatic ring is 1. The van der Waals surface area contributed by atoms with Crippen LogP contribution in [0.2, 0.25) is 0 Å². The van der Waals surface area contributed by atoms with Crippen LogP contribution in [0.4, 0.5) is 5.69 Å². The Balaban J connectivity index is 2.17. The highest BCUT2D eigenvalue weighted by Crippen LogP contribution is 2.30. The quantitative estimate of drug-likeness (QED) is 0.789. The van der Waals surface area contributed by atoms with E-state index in [2.05, 4.69) is 26.8 Å². The van der Waals surface area contributed by atoms with Gasteiger partial charge in [-0.2, -0.15) is 0 Å². The number of carbonyl (C=O) groups excluding carboxylic acids is 1. The van der Waals surface area contributed by atoms with Crippen LogP contribution in [0.5, 0.6) is 0 Å². The van der Waals surface area contributed by atoms with Gasteiger partial charge in [0.25, 0.3) is 0 Å². The molecule has 0 saturated heterocycles. The van der Waals surface area contributed by atoms with Crippen molar-refractivity contribution in [2.45, 2.75) is 40.7 Å². The number of rotatable bonds is 1. The number of nitrogens with two attached hydrogens (primary N) is 1. The molecule has 19 heavy (non-hydrogen) atoms. The molecular weight excluding hydrogens is 236 g/mol. The smallest absolute Gasteiger partial charge is 0.226 e. The third-order valence-electron chi connectivity index (χ3n) is 4.28. The average Bonchev–Trinajstić information content (AvgIpc) is 2.36. The summed E-state index contributed by atoms with van der Waals surface area (Å²) < 4.78 is 0. The molecule has 2 N–H and O–H groups in total. The van der Waals surface area contributed by atoms with Gasteiger partial charge in [0.15, 0.2) is 0 Å². The molecule has 0 saturated carbocycles. The van der Waals surface area contributed by atoms with Crippen LogP contribution in [0.25, 0.3) is 0 Å². The summed E-state index contributed by atoms with van der Waals surface area (Å²) in [6, 6.07) is 5.98. The van der Waals surface area contributed by atoms with Gasteiger partial charge in [-0.1, -0.05) is 39.8 Å². The van der Waals surface area contributed by atoms with Crippen molar-refractivity contribution in [3.8, 4) is 0 Å². The number of carbonyl (C=O) groups is 1. The maximum atomic E-state index is 12.5. The third-order valence-corrected chi connectivity index (χ3v) is 4.28. The van der Waals surface area contributed by atoms with E-state index in [4.69, 9.17) is 5.73 Å². The molecular formula is C16H24N2O. The molecule has 0 fully saturated rings. The summed E-state index contributed by atoms with van der Waals surface area (Å²) in [6.45, 7) is 9.85. The summed E-state index contributed by atoms with van der Waals surface area (Å²) in [4.78, 5) is 14.5. The predicted octanol–water partition coefficient (Wildman–Crippen LogP) is 2.84. The van der Waals surface area contributed by atoms with E-state index in [1.54, 1.807) is 0 Å². The van der Waals surface area contributed by atoms with Crippen molar-refractivity contribution in [1.29, 1.82) is 0 Å². The lowest BCUT2D eigenvalue weighted by molar-refractivity contribution is -0.139. The lowest BCUT2D eigenvalue weighted by atomic mass is 9.81. The maximum Gasteiger partial charge on any atom is 0.226 e. The first-order valence-corrected chi connectivity index (χ1v) is 6.95. The van der Waals surface area contributed by atoms with E-state index in [9.17, 15) is 4.79 Å². The molecule has 0 radical (unpaired) electrons. The number of nitrogens with zero attached hydrogens (tertiary/aromatic N) is 1. The van der Waals surface area contributed by atoms with E-state index in [0.717, 1.165) is 18.7 Å². The van der Waals surface area contributed by atoms with Gasteiger partial charge < -0.3 is 10.6 Å². The van der Waals surface area contributed by atoms with Gasteiger partial charge in [0.1, 0.15) is 0 Å². The molecule has 3 heteroatoms. The number of benzene rings is 1. The zero-order valence-electron chi connectivity index (χ0n) is 12.4. The molecule has 2 rings (SSSR count). The van der Waals surface area contributed by atoms with Gasteiger partial charge in [-0.3, -0.25) is 4.79 Å². The van der Waals surface area contributed by atoms with Crippen LogP contribution in [0.15, 0.2) is 18.2 Å². The Bertz CT molecular complexity index is 488. The van der Waals surface area contributed by atoms with Gasteiger partial charge in [0, 0.05) is 24.7 Å². The minimum Gasteiger partial charge on any atom is -0.398 e. The average molecular weight is 260 g/mol. The van der Waals surface area contributed by atoms with Crippen LogP contribution < -0.4 is 5.73 Å². The van der Waals surface area contributed by atoms with Gasteiger partial charge in [0.2, 0.25) is 5.91 Å². The van der Waals surface area contributed by atoms with E-state index < -0.39 is 0 Å². The van der Waals surface area contributed by atoms with E-state index in [1.807, 2.05) is 24.0 Å². The summed E-state index contributed by atoms with van der Waals surface area (Å²) in [5, 5.41) is 0. The fraction of sp³-hybridized carbons (Fsp3) is 0.562. The van der Waals surface area contributed by atoms with Gasteiger partial charge in [0.05, 0.1) is 0 Å². The summed E-state index contributed by atoms with van der Waals surface area (Å²) in [6.07, 6.45) is 0.866. The van der Waals surface area contributed by atoms with Crippen LogP contribution in [-0.4, -0.2) is 17.4 Å². The minimum absolute atomic E-state index is 0.00702. The highest BCUT2D eigenvalue weighted by atomic mass is 16.2. The Morgan fingerprint density at radius 1 is 1.37 bits per heavy atom. The lowest BCUT2D eigenvalue weighted by Gasteiger charge is -2.35. The number of anilines is 1. The first-order chi connectivity index (χ1) is 8.80. The van der Waals surface area contributed by atoms with E-state index in [-0.39, 0.29) is 17.2 Å². The fourth-order valence-electron chi connectivity index (χ4n) is 2.47. The Morgan fingerprint density at radius 2 is 2.05 bits per heavy atom. The van der Waals surface area contributed by atoms with Crippen molar-refractivity contribution in [3.63, 3.8) is 0 Å². The van der Waals surface area contributed by atoms with E-state index in [1.165, 1.54) is 11.1 Å². The van der Waals surface area contributed by atoms with Crippen LogP contribution in [-0.2, 0) is 17.8 Å². The minimum atomic E-state index is 0.00702. The van der Waals surface area contributed by atoms with Crippen molar-refractivity contribution in [1.82, 2.24) is 4.90 Å². The van der Waals surface area contributed by atoms with E-state index in [0.29, 0.717) is 6.54 Å². The Hall–Kier alpha value is -1.51. The van der Waals surface area contributed by atoms with E-state index >= 15 is 0 Å². The molecule has 0 aliphatic carbocycles. The van der Waals surface area contributed by atoms with Gasteiger partial charge in [-0.15, -0.1) is 0 Å². The van der Waals surface area contributed by atoms with Crippen molar-refractivity contribution in [3.05, 3.63) is 29.3 Å². The second-order valence-electron chi connectivity index (χ2n) is 6.58. The number of hydrogen-bond acceptors (Lipinski definition) is 2. The summed E-state index contributed by atoms with van der Waals surface area (Å²) in [5.41, 5.74) is 9.26. The number of fused-ring (bicyclic) bond motifs is 1. The molecule has 0 bridgehead atoms. The van der Waals surface area contributed by atoms with Crippen molar-refractivity contribution >= 4 is 11.6 Å². The fourth-order valence-corrected chi connectivity index (χ4v) is 2.47. The van der Waals surface area contributed by atoms with Gasteiger partial charge in [-0.25, -0.2) is 0 Å². The Kier molecular flexibility index (Phi) is 3.57. The van der Waals surface area contributed by atoms with Crippen molar-refractivity contribution in [2.24, 2.45) is 11.3 Å². The largest absolute Gasteiger partial charge is 0.398 e. The molecule has 104 valence electrons. The molecule has 1 unspecified atom stereocenters. The van der Waals surface area contributed by atoms with Crippen molar-refractivity contribution in [2.75, 3.05) is 12.3 Å². The van der Waals surface area contributed by atoms with Gasteiger partial charge in [-0.05, 0) is 29.0 Å². The predicted molar refractivity (Wildman–Crippen MR) is 78.6 cm³/mol. The standard InChI is InChI=1S/C16H24N2O/c1-11(16(2,3)4)15(19)18-9-8-13-12(10-18)6-5-7-14(13)17/h5-7,11H,8-10,17H2,1-4H3. The Labute approximate surface area is 115 Å². The lowest BCUT2D eigenvalue weighted by Crippen LogP contribution is -2.42. The third kappa shape index (κ3) is 2.75. The Morgan fingerprint density at radius 3 is 2.68 bits per heavy atom. The van der Waals surface area contributed by atoms with Gasteiger partial charge >= 0.3 is 0 Å². The summed E-state index contributed by atoms with van der Waals surface area (Å²) in [7, 11) is 0. The highest BCUT2D eigenvalue weighted by molar-refractivity contribution is 5.79. The molecule has 1 heterocycles. The first-order valence-electron chi connectivity index (χ1n) is 6.95. The van der Waals surface area contributed by atoms with Crippen molar-refractivity contribution < 1.29 is 4.79 Å². The molecule has 1 aromatic rings. The zero-order valence-corrected chi connectivity index (χ0v) is 12.4. The second kappa shape index (κ2) is 4.87. The number of amides is 1. The SMILES string of the molecule is CC(C(=O)N1CCc2c(N)cccc2C1)C(C)(C)C. The molecule has 0 spiro atoms. The number of hydrogen-bond donors (Lipinski definition) is 1. The molecule has 1 aliphatic heterocycles. The summed E-state index contributed by atoms with van der Waals surface area (Å²) in [5.74, 6) is 0.288. The normalized spacial score (nSPS) is 16.9. The molecule has 0 aromatic heterocycles. The molecule has 1 atom stereocenters. The molecule has 1 aromatic carbocycles. The highest BCUT2D eigenvalue weighted by Gasteiger charge is 2.32. The maximum absolute atomic E-state index is 12.5. The molecule has 3 nitrogen and oxygen atoms in total. The topological polar surface area (TPSA) is 46.3 Å². The molecule has 1 amide bonds. The zero-order chi connectivity index (χ0) is 14.2. The van der Waals surface area contributed by atoms with Crippen LogP contribution in [0.1, 0.15) is 38.8 Å². The van der Waals surface area contributed by atoms with Crippen LogP contribution >= 0.6 is 0 Å². The summed E-state index contributed by atoms with van der Waals surface area (Å²) >= 11 is 0. The molecule has 1 aliphatic rings. The van der Waals surface area contributed by atoms with Crippen LogP contribution in [0, 0.1) is 11.3 Å². The second-order valence-corrected chi connectivity index (χ2v) is 6.58. The first kappa shape index (κ1) is 13.9.